The fourth-order valence-corrected chi connectivity index (χ4v) is 4.21. The van der Waals surface area contributed by atoms with Crippen LogP contribution in [0.4, 0.5) is 13.2 Å². The number of carboxylic acids is 1. The van der Waals surface area contributed by atoms with Gasteiger partial charge in [0.05, 0.1) is 5.56 Å². The molecule has 1 aromatic carbocycles. The van der Waals surface area contributed by atoms with Crippen LogP contribution in [0.1, 0.15) is 24.5 Å². The number of hydrogen-bond donors (Lipinski definition) is 1. The zero-order valence-corrected chi connectivity index (χ0v) is 15.3. The molecule has 1 N–H and O–H groups in total. The van der Waals surface area contributed by atoms with Gasteiger partial charge in [-0.1, -0.05) is 23.8 Å². The number of hydrogen-bond acceptors (Lipinski definition) is 2. The molecule has 0 aromatic heterocycles. The topological polar surface area (TPSA) is 54.4 Å². The summed E-state index contributed by atoms with van der Waals surface area (Å²) in [4.78, 5) is 24.3. The van der Waals surface area contributed by atoms with Gasteiger partial charge in [0.1, 0.15) is 5.57 Å². The SMILES string of the molecule is CC1=C(I)C=C(C(=O)O)C(=O)C2(Cc3cccc(C(F)(F)F)c3)CC12. The van der Waals surface area contributed by atoms with Gasteiger partial charge in [-0.3, -0.25) is 4.79 Å². The number of benzene rings is 1. The Morgan fingerprint density at radius 1 is 1.40 bits per heavy atom. The Morgan fingerprint density at radius 3 is 2.68 bits per heavy atom. The molecule has 0 radical (unpaired) electrons. The Morgan fingerprint density at radius 2 is 2.08 bits per heavy atom. The van der Waals surface area contributed by atoms with Gasteiger partial charge in [-0.15, -0.1) is 0 Å². The lowest BCUT2D eigenvalue weighted by molar-refractivity contribution is -0.138. The van der Waals surface area contributed by atoms with Crippen LogP contribution in [0.5, 0.6) is 0 Å². The number of carbonyl (C=O) groups excluding carboxylic acids is 1. The number of rotatable bonds is 3. The summed E-state index contributed by atoms with van der Waals surface area (Å²) >= 11 is 2.00. The van der Waals surface area contributed by atoms with Crippen molar-refractivity contribution < 1.29 is 27.9 Å². The third-order valence-corrected chi connectivity index (χ3v) is 6.11. The van der Waals surface area contributed by atoms with Crippen LogP contribution < -0.4 is 0 Å². The third kappa shape index (κ3) is 3.14. The Kier molecular flexibility index (Phi) is 4.33. The first-order valence-corrected chi connectivity index (χ1v) is 8.66. The van der Waals surface area contributed by atoms with Gasteiger partial charge in [-0.25, -0.2) is 4.79 Å². The summed E-state index contributed by atoms with van der Waals surface area (Å²) in [5.74, 6) is -1.93. The molecule has 1 saturated carbocycles. The molecule has 2 unspecified atom stereocenters. The molecule has 0 aliphatic heterocycles. The van der Waals surface area contributed by atoms with E-state index in [4.69, 9.17) is 0 Å². The summed E-state index contributed by atoms with van der Waals surface area (Å²) < 4.78 is 39.4. The fraction of sp³-hybridized carbons (Fsp3) is 0.333. The average Bonchev–Trinajstić information content (AvgIpc) is 3.25. The highest BCUT2D eigenvalue weighted by molar-refractivity contribution is 14.1. The average molecular weight is 462 g/mol. The summed E-state index contributed by atoms with van der Waals surface area (Å²) in [6.45, 7) is 1.84. The second kappa shape index (κ2) is 5.96. The number of halogens is 4. The minimum Gasteiger partial charge on any atom is -0.478 e. The maximum absolute atomic E-state index is 12.9. The van der Waals surface area contributed by atoms with Crippen molar-refractivity contribution in [2.75, 3.05) is 0 Å². The lowest BCUT2D eigenvalue weighted by Gasteiger charge is -2.17. The number of carbonyl (C=O) groups is 2. The maximum atomic E-state index is 12.9. The van der Waals surface area contributed by atoms with Crippen LogP contribution in [0, 0.1) is 11.3 Å². The summed E-state index contributed by atoms with van der Waals surface area (Å²) in [5.41, 5.74) is -0.714. The number of fused-ring (bicyclic) bond motifs is 1. The molecule has 132 valence electrons. The molecule has 25 heavy (non-hydrogen) atoms. The van der Waals surface area contributed by atoms with Crippen molar-refractivity contribution >= 4 is 34.3 Å². The molecule has 7 heteroatoms. The zero-order chi connectivity index (χ0) is 18.6. The number of alkyl halides is 3. The van der Waals surface area contributed by atoms with Crippen molar-refractivity contribution in [3.05, 3.63) is 56.2 Å². The molecule has 0 bridgehead atoms. The van der Waals surface area contributed by atoms with Gasteiger partial charge in [-0.2, -0.15) is 13.2 Å². The van der Waals surface area contributed by atoms with Crippen LogP contribution in [0.25, 0.3) is 0 Å². The number of ketones is 1. The Bertz CT molecular complexity index is 838. The van der Waals surface area contributed by atoms with Gasteiger partial charge in [0.25, 0.3) is 0 Å². The highest BCUT2D eigenvalue weighted by Crippen LogP contribution is 2.62. The normalized spacial score (nSPS) is 26.0. The van der Waals surface area contributed by atoms with Crippen LogP contribution in [-0.4, -0.2) is 16.9 Å². The monoisotopic (exact) mass is 462 g/mol. The Labute approximate surface area is 155 Å². The quantitative estimate of drug-likeness (QED) is 0.530. The van der Waals surface area contributed by atoms with Gasteiger partial charge in [0, 0.05) is 8.99 Å². The summed E-state index contributed by atoms with van der Waals surface area (Å²) in [6.07, 6.45) is -2.53. The molecule has 2 aliphatic carbocycles. The molecule has 0 saturated heterocycles. The highest BCUT2D eigenvalue weighted by Gasteiger charge is 2.62. The second-order valence-electron chi connectivity index (χ2n) is 6.51. The second-order valence-corrected chi connectivity index (χ2v) is 7.67. The molecule has 0 spiro atoms. The molecule has 3 nitrogen and oxygen atoms in total. The first kappa shape index (κ1) is 18.2. The molecular formula is C18H14F3IO3. The van der Waals surface area contributed by atoms with Crippen molar-refractivity contribution in [2.45, 2.75) is 25.9 Å². The van der Waals surface area contributed by atoms with E-state index in [2.05, 4.69) is 0 Å². The largest absolute Gasteiger partial charge is 0.478 e. The van der Waals surface area contributed by atoms with E-state index in [0.29, 0.717) is 15.6 Å². The van der Waals surface area contributed by atoms with E-state index < -0.39 is 28.9 Å². The lowest BCUT2D eigenvalue weighted by atomic mass is 9.85. The van der Waals surface area contributed by atoms with E-state index in [1.807, 2.05) is 29.5 Å². The maximum Gasteiger partial charge on any atom is 0.416 e. The standard InChI is InChI=1S/C18H14F3IO3/c1-9-13-8-17(13,15(23)12(16(24)25)6-14(9)22)7-10-3-2-4-11(5-10)18(19,20)21/h2-6,13H,7-8H2,1H3,(H,24,25). The predicted molar refractivity (Wildman–Crippen MR) is 93.1 cm³/mol. The fourth-order valence-electron chi connectivity index (χ4n) is 3.52. The highest BCUT2D eigenvalue weighted by atomic mass is 127. The Hall–Kier alpha value is -1.64. The van der Waals surface area contributed by atoms with Gasteiger partial charge in [-0.05, 0) is 66.0 Å². The van der Waals surface area contributed by atoms with Crippen LogP contribution in [-0.2, 0) is 22.2 Å². The number of allylic oxidation sites excluding steroid dienone is 3. The van der Waals surface area contributed by atoms with E-state index in [-0.39, 0.29) is 17.9 Å². The molecule has 1 fully saturated rings. The van der Waals surface area contributed by atoms with E-state index in [1.54, 1.807) is 6.07 Å². The van der Waals surface area contributed by atoms with Crippen molar-refractivity contribution in [2.24, 2.45) is 11.3 Å². The third-order valence-electron chi connectivity index (χ3n) is 4.95. The number of aliphatic carboxylic acids is 1. The van der Waals surface area contributed by atoms with Crippen LogP contribution in [0.3, 0.4) is 0 Å². The van der Waals surface area contributed by atoms with Crippen molar-refractivity contribution in [3.63, 3.8) is 0 Å². The Balaban J connectivity index is 2.00. The molecule has 3 rings (SSSR count). The summed E-state index contributed by atoms with van der Waals surface area (Å²) in [7, 11) is 0. The lowest BCUT2D eigenvalue weighted by Crippen LogP contribution is -2.26. The van der Waals surface area contributed by atoms with Crippen LogP contribution in [0.2, 0.25) is 0 Å². The number of Topliss-reactive ketones (excluding diaryl/α,β-unsaturated/α-hetero) is 1. The molecular weight excluding hydrogens is 448 g/mol. The molecule has 2 aliphatic rings. The summed E-state index contributed by atoms with van der Waals surface area (Å²) in [5, 5.41) is 9.34. The first-order valence-electron chi connectivity index (χ1n) is 7.58. The molecule has 0 amide bonds. The smallest absolute Gasteiger partial charge is 0.416 e. The van der Waals surface area contributed by atoms with Crippen LogP contribution in [0.15, 0.2) is 45.1 Å². The van der Waals surface area contributed by atoms with E-state index in [1.165, 1.54) is 12.1 Å². The van der Waals surface area contributed by atoms with Crippen molar-refractivity contribution in [1.82, 2.24) is 0 Å². The molecule has 0 heterocycles. The summed E-state index contributed by atoms with van der Waals surface area (Å²) in [6, 6.07) is 4.88. The van der Waals surface area contributed by atoms with Gasteiger partial charge in [0.15, 0.2) is 5.78 Å². The van der Waals surface area contributed by atoms with E-state index in [9.17, 15) is 27.9 Å². The van der Waals surface area contributed by atoms with Gasteiger partial charge < -0.3 is 5.11 Å². The van der Waals surface area contributed by atoms with Gasteiger partial charge >= 0.3 is 12.1 Å². The van der Waals surface area contributed by atoms with Crippen molar-refractivity contribution in [3.8, 4) is 0 Å². The molecule has 1 aromatic rings. The minimum atomic E-state index is -4.46. The van der Waals surface area contributed by atoms with E-state index >= 15 is 0 Å². The minimum absolute atomic E-state index is 0.103. The van der Waals surface area contributed by atoms with Gasteiger partial charge in [0.2, 0.25) is 0 Å². The predicted octanol–water partition coefficient (Wildman–Crippen LogP) is 4.56. The number of carboxylic acid groups (broad SMARTS) is 1. The molecule has 2 atom stereocenters. The first-order chi connectivity index (χ1) is 11.6. The van der Waals surface area contributed by atoms with Crippen molar-refractivity contribution in [1.29, 1.82) is 0 Å². The zero-order valence-electron chi connectivity index (χ0n) is 13.2. The van der Waals surface area contributed by atoms with E-state index in [0.717, 1.165) is 17.7 Å². The van der Waals surface area contributed by atoms with Crippen LogP contribution >= 0.6 is 22.6 Å².